The molecule has 3 rings (SSSR count). The van der Waals surface area contributed by atoms with Crippen molar-refractivity contribution in [1.82, 2.24) is 25.4 Å². The van der Waals surface area contributed by atoms with Gasteiger partial charge in [0.1, 0.15) is 18.2 Å². The highest BCUT2D eigenvalue weighted by Crippen LogP contribution is 2.41. The van der Waals surface area contributed by atoms with Gasteiger partial charge in [0.15, 0.2) is 11.6 Å². The number of aliphatic hydroxyl groups is 1. The van der Waals surface area contributed by atoms with Crippen LogP contribution in [0.3, 0.4) is 0 Å². The second-order valence-electron chi connectivity index (χ2n) is 17.5. The molecule has 0 unspecified atom stereocenters. The molecule has 5 N–H and O–H groups in total. The highest BCUT2D eigenvalue weighted by molar-refractivity contribution is 5.95. The van der Waals surface area contributed by atoms with E-state index in [1.165, 1.54) is 18.7 Å². The number of hydrogen-bond donors (Lipinski definition) is 5. The number of aliphatic carboxylic acids is 1. The topological polar surface area (TPSA) is 187 Å². The van der Waals surface area contributed by atoms with E-state index in [2.05, 4.69) is 16.0 Å². The second kappa shape index (κ2) is 23.8. The first-order chi connectivity index (χ1) is 29.2. The third-order valence-corrected chi connectivity index (χ3v) is 11.1. The van der Waals surface area contributed by atoms with Crippen molar-refractivity contribution in [3.63, 3.8) is 0 Å². The van der Waals surface area contributed by atoms with Gasteiger partial charge in [-0.1, -0.05) is 65.0 Å². The molecule has 62 heavy (non-hydrogen) atoms. The van der Waals surface area contributed by atoms with Crippen molar-refractivity contribution in [2.75, 3.05) is 26.7 Å². The fourth-order valence-electron chi connectivity index (χ4n) is 7.73. The van der Waals surface area contributed by atoms with Crippen molar-refractivity contribution in [2.45, 2.75) is 112 Å². The van der Waals surface area contributed by atoms with E-state index in [9.17, 15) is 43.4 Å². The molecule has 340 valence electrons. The maximum atomic E-state index is 15.2. The maximum Gasteiger partial charge on any atom is 0.307 e. The molecule has 0 aliphatic heterocycles. The number of carboxylic acids is 1. The molecule has 0 radical (unpaired) electrons. The SMILES string of the molecule is CNCCCC[C@H](NC(C)=O)C(=O)C[C@H](C(=O)N[C@@H](C)C(=O)C[C@@H](CCN(C(=O)CO)[C@@H](c1cc(-c2cc(F)ccc2F)cn1Cc1ccccc1)C(C)(C)C)C(=O)O)C(C)C. The Hall–Kier alpha value is -5.28. The Morgan fingerprint density at radius 1 is 0.871 bits per heavy atom. The van der Waals surface area contributed by atoms with Gasteiger partial charge in [-0.3, -0.25) is 28.8 Å². The predicted molar refractivity (Wildman–Crippen MR) is 233 cm³/mol. The van der Waals surface area contributed by atoms with E-state index in [1.54, 1.807) is 26.1 Å². The molecule has 0 aliphatic carbocycles. The first-order valence-corrected chi connectivity index (χ1v) is 21.3. The molecule has 0 saturated carbocycles. The number of nitrogens with zero attached hydrogens (tertiary/aromatic N) is 2. The molecule has 1 aromatic heterocycles. The number of ketones is 2. The number of aromatic nitrogens is 1. The molecule has 3 aromatic rings. The number of carbonyl (C=O) groups excluding carboxylic acids is 5. The molecule has 0 aliphatic rings. The van der Waals surface area contributed by atoms with E-state index in [1.807, 2.05) is 62.7 Å². The van der Waals surface area contributed by atoms with E-state index >= 15 is 4.39 Å². The summed E-state index contributed by atoms with van der Waals surface area (Å²) in [5, 5.41) is 29.0. The van der Waals surface area contributed by atoms with Gasteiger partial charge in [0.25, 0.3) is 0 Å². The first-order valence-electron chi connectivity index (χ1n) is 21.3. The molecule has 5 atom stereocenters. The van der Waals surface area contributed by atoms with Crippen molar-refractivity contribution in [2.24, 2.45) is 23.2 Å². The van der Waals surface area contributed by atoms with Gasteiger partial charge in [-0.25, -0.2) is 8.78 Å². The molecule has 15 heteroatoms. The van der Waals surface area contributed by atoms with Gasteiger partial charge in [0.05, 0.1) is 24.0 Å². The van der Waals surface area contributed by atoms with E-state index in [0.717, 1.165) is 36.7 Å². The Bertz CT molecular complexity index is 2000. The lowest BCUT2D eigenvalue weighted by Gasteiger charge is -2.41. The number of unbranched alkanes of at least 4 members (excludes halogenated alkanes) is 1. The van der Waals surface area contributed by atoms with Crippen LogP contribution in [0.25, 0.3) is 11.1 Å². The Labute approximate surface area is 364 Å². The number of nitrogens with one attached hydrogen (secondary N) is 3. The van der Waals surface area contributed by atoms with Gasteiger partial charge >= 0.3 is 5.97 Å². The number of benzene rings is 2. The lowest BCUT2D eigenvalue weighted by Crippen LogP contribution is -2.46. The standard InChI is InChI=1S/C47H65F2N5O8/c1-29(2)36(25-42(58)39(52-31(4)56)16-12-13-20-50-8)45(60)51-30(3)41(57)23-33(46(61)62)19-21-54(43(59)28-55)44(47(5,6)7)40-22-34(37-24-35(48)17-18-38(37)49)27-53(40)26-32-14-10-9-11-15-32/h9-11,14-15,17-18,22,24,27,29-30,33,36,39,44,50,55H,12-13,16,19-21,23,25-26,28H2,1-8H3,(H,51,60)(H,52,56)(H,61,62)/t30-,33+,36-,39-,44-/m0/s1. The van der Waals surface area contributed by atoms with Crippen LogP contribution in [0.1, 0.15) is 104 Å². The fourth-order valence-corrected chi connectivity index (χ4v) is 7.73. The summed E-state index contributed by atoms with van der Waals surface area (Å²) in [7, 11) is 1.82. The number of aliphatic hydroxyl groups excluding tert-OH is 1. The van der Waals surface area contributed by atoms with Crippen molar-refractivity contribution >= 4 is 35.3 Å². The van der Waals surface area contributed by atoms with Crippen molar-refractivity contribution < 1.29 is 47.8 Å². The van der Waals surface area contributed by atoms with Crippen molar-refractivity contribution in [3.8, 4) is 11.1 Å². The van der Waals surface area contributed by atoms with Crippen molar-refractivity contribution in [3.05, 3.63) is 83.7 Å². The molecule has 0 fully saturated rings. The van der Waals surface area contributed by atoms with Gasteiger partial charge in [0, 0.05) is 61.8 Å². The predicted octanol–water partition coefficient (Wildman–Crippen LogP) is 6.07. The average molecular weight is 866 g/mol. The largest absolute Gasteiger partial charge is 0.481 e. The molecular weight excluding hydrogens is 801 g/mol. The molecular formula is C47H65F2N5O8. The first kappa shape index (κ1) is 51.1. The molecule has 1 heterocycles. The summed E-state index contributed by atoms with van der Waals surface area (Å²) >= 11 is 0. The van der Waals surface area contributed by atoms with Crippen LogP contribution in [0, 0.1) is 34.8 Å². The van der Waals surface area contributed by atoms with Gasteiger partial charge in [-0.05, 0) is 87.4 Å². The van der Waals surface area contributed by atoms with Crippen LogP contribution in [0.2, 0.25) is 0 Å². The van der Waals surface area contributed by atoms with Crippen LogP contribution >= 0.6 is 0 Å². The highest BCUT2D eigenvalue weighted by atomic mass is 19.1. The van der Waals surface area contributed by atoms with Crippen LogP contribution in [-0.2, 0) is 35.3 Å². The van der Waals surface area contributed by atoms with Crippen LogP contribution in [0.5, 0.6) is 0 Å². The monoisotopic (exact) mass is 865 g/mol. The fraction of sp³-hybridized carbons (Fsp3) is 0.532. The second-order valence-corrected chi connectivity index (χ2v) is 17.5. The summed E-state index contributed by atoms with van der Waals surface area (Å²) in [6, 6.07) is 11.5. The molecule has 0 spiro atoms. The minimum absolute atomic E-state index is 0.00711. The minimum atomic E-state index is -1.30. The Balaban J connectivity index is 1.87. The molecule has 3 amide bonds. The summed E-state index contributed by atoms with van der Waals surface area (Å²) in [6.45, 7) is 11.8. The summed E-state index contributed by atoms with van der Waals surface area (Å²) in [5.41, 5.74) is 1.00. The summed E-state index contributed by atoms with van der Waals surface area (Å²) < 4.78 is 31.4. The third-order valence-electron chi connectivity index (χ3n) is 11.1. The summed E-state index contributed by atoms with van der Waals surface area (Å²) in [4.78, 5) is 80.1. The molecule has 13 nitrogen and oxygen atoms in total. The number of carboxylic acid groups (broad SMARTS) is 1. The summed E-state index contributed by atoms with van der Waals surface area (Å²) in [6.07, 6.45) is 2.68. The molecule has 0 bridgehead atoms. The number of Topliss-reactive ketones (excluding diaryl/α,β-unsaturated/α-hetero) is 2. The minimum Gasteiger partial charge on any atom is -0.481 e. The van der Waals surface area contributed by atoms with Crippen molar-refractivity contribution in [1.29, 1.82) is 0 Å². The quantitative estimate of drug-likeness (QED) is 0.0631. The zero-order valence-electron chi connectivity index (χ0n) is 37.3. The number of carbonyl (C=O) groups is 6. The van der Waals surface area contributed by atoms with Gasteiger partial charge < -0.3 is 35.6 Å². The lowest BCUT2D eigenvalue weighted by molar-refractivity contribution is -0.146. The smallest absolute Gasteiger partial charge is 0.307 e. The Morgan fingerprint density at radius 2 is 1.55 bits per heavy atom. The Morgan fingerprint density at radius 3 is 2.13 bits per heavy atom. The van der Waals surface area contributed by atoms with E-state index < -0.39 is 83.6 Å². The van der Waals surface area contributed by atoms with E-state index in [4.69, 9.17) is 0 Å². The van der Waals surface area contributed by atoms with Crippen LogP contribution in [0.15, 0.2) is 60.8 Å². The van der Waals surface area contributed by atoms with Gasteiger partial charge in [-0.2, -0.15) is 0 Å². The zero-order valence-corrected chi connectivity index (χ0v) is 37.3. The number of rotatable bonds is 25. The summed E-state index contributed by atoms with van der Waals surface area (Å²) in [5.74, 6) is -7.53. The average Bonchev–Trinajstić information content (AvgIpc) is 3.60. The Kier molecular flexibility index (Phi) is 19.6. The van der Waals surface area contributed by atoms with E-state index in [0.29, 0.717) is 24.1 Å². The van der Waals surface area contributed by atoms with Gasteiger partial charge in [0.2, 0.25) is 17.7 Å². The zero-order chi connectivity index (χ0) is 46.3. The van der Waals surface area contributed by atoms with Gasteiger partial charge in [-0.15, -0.1) is 0 Å². The van der Waals surface area contributed by atoms with Crippen LogP contribution in [-0.4, -0.2) is 93.8 Å². The van der Waals surface area contributed by atoms with Crippen LogP contribution < -0.4 is 16.0 Å². The molecule has 0 saturated heterocycles. The van der Waals surface area contributed by atoms with E-state index in [-0.39, 0.29) is 49.1 Å². The highest BCUT2D eigenvalue weighted by Gasteiger charge is 2.38. The lowest BCUT2D eigenvalue weighted by atomic mass is 9.82. The number of halogens is 2. The normalized spacial score (nSPS) is 14.1. The molecule has 2 aromatic carbocycles. The maximum absolute atomic E-state index is 15.2. The van der Waals surface area contributed by atoms with Crippen LogP contribution in [0.4, 0.5) is 8.78 Å². The number of amides is 3. The third kappa shape index (κ3) is 15.0. The number of hydrogen-bond acceptors (Lipinski definition) is 8.